The van der Waals surface area contributed by atoms with E-state index in [2.05, 4.69) is 9.97 Å². The molecule has 0 aliphatic heterocycles. The first-order valence-corrected chi connectivity index (χ1v) is 9.76. The summed E-state index contributed by atoms with van der Waals surface area (Å²) in [6, 6.07) is 9.04. The minimum absolute atomic E-state index is 0.0510. The lowest BCUT2D eigenvalue weighted by Crippen LogP contribution is -2.12. The number of nitrogens with zero attached hydrogens (tertiary/aromatic N) is 2. The van der Waals surface area contributed by atoms with E-state index in [1.807, 2.05) is 0 Å². The fraction of sp³-hybridized carbons (Fsp3) is 0.143. The molecule has 0 spiro atoms. The van der Waals surface area contributed by atoms with Crippen molar-refractivity contribution in [2.75, 3.05) is 12.8 Å². The summed E-state index contributed by atoms with van der Waals surface area (Å²) in [6.07, 6.45) is 0. The van der Waals surface area contributed by atoms with Crippen LogP contribution >= 0.6 is 23.2 Å². The number of anilines is 1. The predicted molar refractivity (Wildman–Crippen MR) is 115 cm³/mol. The first-order valence-electron chi connectivity index (χ1n) is 9.01. The third-order valence-electron chi connectivity index (χ3n) is 4.12. The predicted octanol–water partition coefficient (Wildman–Crippen LogP) is 4.46. The second-order valence-corrected chi connectivity index (χ2v) is 7.14. The number of carbonyl (C=O) groups is 2. The molecule has 0 radical (unpaired) electrons. The Kier molecular flexibility index (Phi) is 7.12. The van der Waals surface area contributed by atoms with Crippen LogP contribution in [0.4, 0.5) is 10.2 Å². The smallest absolute Gasteiger partial charge is 0.359 e. The highest BCUT2D eigenvalue weighted by molar-refractivity contribution is 6.35. The van der Waals surface area contributed by atoms with Crippen LogP contribution in [0.15, 0.2) is 36.4 Å². The lowest BCUT2D eigenvalue weighted by atomic mass is 10.1. The molecule has 11 heteroatoms. The molecule has 0 amide bonds. The standard InChI is InChI=1S/C21H16Cl2FN3O5/c1-10(28)32-12-5-3-11(4-6-12)9-31-21(29)17-15(23)19(25)27-20(26-17)13-7-8-14(22)18(30-2)16(13)24/h3-8H,9H2,1-2H3,(H2,25,26,27). The molecule has 32 heavy (non-hydrogen) atoms. The summed E-state index contributed by atoms with van der Waals surface area (Å²) >= 11 is 12.0. The van der Waals surface area contributed by atoms with Gasteiger partial charge in [-0.25, -0.2) is 19.2 Å². The minimum Gasteiger partial charge on any atom is -0.492 e. The van der Waals surface area contributed by atoms with Crippen molar-refractivity contribution in [1.82, 2.24) is 9.97 Å². The lowest BCUT2D eigenvalue weighted by molar-refractivity contribution is -0.131. The van der Waals surface area contributed by atoms with Gasteiger partial charge in [0, 0.05) is 6.92 Å². The summed E-state index contributed by atoms with van der Waals surface area (Å²) in [4.78, 5) is 31.5. The van der Waals surface area contributed by atoms with Crippen LogP contribution in [-0.2, 0) is 16.1 Å². The second kappa shape index (κ2) is 9.80. The molecule has 0 unspecified atom stereocenters. The maximum absolute atomic E-state index is 14.8. The van der Waals surface area contributed by atoms with Crippen molar-refractivity contribution in [2.24, 2.45) is 0 Å². The van der Waals surface area contributed by atoms with Crippen LogP contribution in [0.1, 0.15) is 23.0 Å². The van der Waals surface area contributed by atoms with Crippen LogP contribution in [0.2, 0.25) is 10.0 Å². The van der Waals surface area contributed by atoms with E-state index in [4.69, 9.17) is 43.1 Å². The SMILES string of the molecule is COc1c(Cl)ccc(-c2nc(N)c(Cl)c(C(=O)OCc3ccc(OC(C)=O)cc3)n2)c1F. The number of hydrogen-bond donors (Lipinski definition) is 1. The molecular weight excluding hydrogens is 464 g/mol. The molecule has 8 nitrogen and oxygen atoms in total. The number of ether oxygens (including phenoxy) is 3. The highest BCUT2D eigenvalue weighted by atomic mass is 35.5. The Labute approximate surface area is 192 Å². The quantitative estimate of drug-likeness (QED) is 0.406. The van der Waals surface area contributed by atoms with Crippen molar-refractivity contribution in [3.63, 3.8) is 0 Å². The van der Waals surface area contributed by atoms with Gasteiger partial charge in [-0.05, 0) is 29.8 Å². The Hall–Kier alpha value is -3.43. The van der Waals surface area contributed by atoms with E-state index in [0.717, 1.165) is 0 Å². The molecule has 0 aliphatic carbocycles. The van der Waals surface area contributed by atoms with E-state index >= 15 is 0 Å². The van der Waals surface area contributed by atoms with Crippen LogP contribution < -0.4 is 15.2 Å². The molecule has 1 heterocycles. The third-order valence-corrected chi connectivity index (χ3v) is 4.79. The van der Waals surface area contributed by atoms with Crippen LogP contribution in [0.3, 0.4) is 0 Å². The fourth-order valence-corrected chi connectivity index (χ4v) is 3.03. The van der Waals surface area contributed by atoms with E-state index in [9.17, 15) is 14.0 Å². The summed E-state index contributed by atoms with van der Waals surface area (Å²) < 4.78 is 29.9. The van der Waals surface area contributed by atoms with E-state index in [-0.39, 0.29) is 45.3 Å². The number of methoxy groups -OCH3 is 1. The normalized spacial score (nSPS) is 10.5. The molecule has 0 saturated heterocycles. The van der Waals surface area contributed by atoms with E-state index in [1.165, 1.54) is 26.2 Å². The number of aromatic nitrogens is 2. The maximum Gasteiger partial charge on any atom is 0.359 e. The van der Waals surface area contributed by atoms with Gasteiger partial charge in [0.05, 0.1) is 17.7 Å². The number of hydrogen-bond acceptors (Lipinski definition) is 8. The van der Waals surface area contributed by atoms with E-state index in [0.29, 0.717) is 11.3 Å². The number of nitrogen functional groups attached to an aromatic ring is 1. The largest absolute Gasteiger partial charge is 0.492 e. The molecule has 166 valence electrons. The molecule has 3 aromatic rings. The van der Waals surface area contributed by atoms with Crippen molar-refractivity contribution in [1.29, 1.82) is 0 Å². The average molecular weight is 480 g/mol. The summed E-state index contributed by atoms with van der Waals surface area (Å²) in [5, 5.41) is -0.180. The number of carbonyl (C=O) groups excluding carboxylic acids is 2. The van der Waals surface area contributed by atoms with Crippen molar-refractivity contribution < 1.29 is 28.2 Å². The monoisotopic (exact) mass is 479 g/mol. The Morgan fingerprint density at radius 3 is 2.41 bits per heavy atom. The number of benzene rings is 2. The highest BCUT2D eigenvalue weighted by Crippen LogP contribution is 2.35. The number of esters is 2. The van der Waals surface area contributed by atoms with Gasteiger partial charge in [-0.15, -0.1) is 0 Å². The molecule has 0 saturated carbocycles. The van der Waals surface area contributed by atoms with Crippen molar-refractivity contribution in [3.05, 3.63) is 63.5 Å². The minimum atomic E-state index is -0.893. The molecule has 0 bridgehead atoms. The van der Waals surface area contributed by atoms with Crippen molar-refractivity contribution in [3.8, 4) is 22.9 Å². The number of nitrogens with two attached hydrogens (primary N) is 1. The summed E-state index contributed by atoms with van der Waals surface area (Å²) in [5.41, 5.74) is 5.98. The molecule has 2 aromatic carbocycles. The Morgan fingerprint density at radius 2 is 1.78 bits per heavy atom. The zero-order valence-electron chi connectivity index (χ0n) is 16.8. The maximum atomic E-state index is 14.8. The molecule has 0 atom stereocenters. The van der Waals surface area contributed by atoms with Gasteiger partial charge in [0.15, 0.2) is 23.1 Å². The molecule has 0 fully saturated rings. The van der Waals surface area contributed by atoms with Crippen molar-refractivity contribution in [2.45, 2.75) is 13.5 Å². The van der Waals surface area contributed by atoms with E-state index in [1.54, 1.807) is 24.3 Å². The van der Waals surface area contributed by atoms with Crippen LogP contribution in [-0.4, -0.2) is 29.0 Å². The van der Waals surface area contributed by atoms with Crippen LogP contribution in [0.25, 0.3) is 11.4 Å². The fourth-order valence-electron chi connectivity index (χ4n) is 2.65. The van der Waals surface area contributed by atoms with Gasteiger partial charge in [-0.3, -0.25) is 4.79 Å². The van der Waals surface area contributed by atoms with Gasteiger partial charge >= 0.3 is 11.9 Å². The van der Waals surface area contributed by atoms with Crippen LogP contribution in [0.5, 0.6) is 11.5 Å². The Balaban J connectivity index is 1.84. The topological polar surface area (TPSA) is 114 Å². The first-order chi connectivity index (χ1) is 15.2. The molecular formula is C21H16Cl2FN3O5. The number of halogens is 3. The van der Waals surface area contributed by atoms with Gasteiger partial charge < -0.3 is 19.9 Å². The van der Waals surface area contributed by atoms with Gasteiger partial charge in [-0.1, -0.05) is 35.3 Å². The van der Waals surface area contributed by atoms with Gasteiger partial charge in [0.2, 0.25) is 0 Å². The van der Waals surface area contributed by atoms with Gasteiger partial charge in [-0.2, -0.15) is 0 Å². The molecule has 1 aromatic heterocycles. The Bertz CT molecular complexity index is 1190. The summed E-state index contributed by atoms with van der Waals surface area (Å²) in [6.45, 7) is 1.16. The summed E-state index contributed by atoms with van der Waals surface area (Å²) in [7, 11) is 1.26. The Morgan fingerprint density at radius 1 is 1.09 bits per heavy atom. The van der Waals surface area contributed by atoms with Gasteiger partial charge in [0.1, 0.15) is 23.2 Å². The second-order valence-electron chi connectivity index (χ2n) is 6.35. The summed E-state index contributed by atoms with van der Waals surface area (Å²) in [5.74, 6) is -2.46. The number of rotatable bonds is 6. The zero-order chi connectivity index (χ0) is 23.4. The van der Waals surface area contributed by atoms with Crippen LogP contribution in [0, 0.1) is 5.82 Å². The lowest BCUT2D eigenvalue weighted by Gasteiger charge is -2.11. The van der Waals surface area contributed by atoms with Crippen molar-refractivity contribution >= 4 is 41.0 Å². The average Bonchev–Trinajstić information content (AvgIpc) is 2.75. The zero-order valence-corrected chi connectivity index (χ0v) is 18.3. The molecule has 2 N–H and O–H groups in total. The third kappa shape index (κ3) is 5.06. The molecule has 0 aliphatic rings. The van der Waals surface area contributed by atoms with E-state index < -0.39 is 17.8 Å². The molecule has 3 rings (SSSR count). The highest BCUT2D eigenvalue weighted by Gasteiger charge is 2.23. The van der Waals surface area contributed by atoms with Gasteiger partial charge in [0.25, 0.3) is 0 Å². The first kappa shape index (κ1) is 23.2.